The minimum Gasteiger partial charge on any atom is -0.495 e. The van der Waals surface area contributed by atoms with E-state index in [-0.39, 0.29) is 5.75 Å². The van der Waals surface area contributed by atoms with E-state index in [1.54, 1.807) is 0 Å². The monoisotopic (exact) mass is 192 g/mol. The lowest BCUT2D eigenvalue weighted by Crippen LogP contribution is -2.11. The molecule has 0 amide bonds. The minimum atomic E-state index is -4.52. The Morgan fingerprint density at radius 3 is 2.46 bits per heavy atom. The van der Waals surface area contributed by atoms with Gasteiger partial charge in [0, 0.05) is 6.07 Å². The number of aromatic nitrogens is 1. The Morgan fingerprint density at radius 2 is 2.08 bits per heavy atom. The van der Waals surface area contributed by atoms with E-state index in [1.165, 1.54) is 7.11 Å². The van der Waals surface area contributed by atoms with E-state index < -0.39 is 17.6 Å². The van der Waals surface area contributed by atoms with E-state index >= 15 is 0 Å². The highest BCUT2D eigenvalue weighted by Gasteiger charge is 2.34. The van der Waals surface area contributed by atoms with E-state index in [0.29, 0.717) is 0 Å². The van der Waals surface area contributed by atoms with E-state index in [1.807, 2.05) is 0 Å². The van der Waals surface area contributed by atoms with Crippen LogP contribution in [0, 0.1) is 0 Å². The lowest BCUT2D eigenvalue weighted by atomic mass is 10.3. The Bertz CT molecular complexity index is 311. The van der Waals surface area contributed by atoms with Crippen LogP contribution in [-0.4, -0.2) is 12.1 Å². The molecule has 1 heterocycles. The Hall–Kier alpha value is -1.46. The van der Waals surface area contributed by atoms with Gasteiger partial charge in [-0.25, -0.2) is 4.98 Å². The summed E-state index contributed by atoms with van der Waals surface area (Å²) in [7, 11) is 1.32. The van der Waals surface area contributed by atoms with Crippen molar-refractivity contribution in [1.82, 2.24) is 4.98 Å². The van der Waals surface area contributed by atoms with Gasteiger partial charge in [-0.2, -0.15) is 13.2 Å². The summed E-state index contributed by atoms with van der Waals surface area (Å²) in [5.41, 5.74) is 3.59. The summed E-state index contributed by atoms with van der Waals surface area (Å²) in [4.78, 5) is 3.15. The van der Waals surface area contributed by atoms with Crippen LogP contribution >= 0.6 is 0 Å². The second kappa shape index (κ2) is 3.12. The average molecular weight is 192 g/mol. The normalized spacial score (nSPS) is 11.4. The van der Waals surface area contributed by atoms with Crippen LogP contribution in [0.2, 0.25) is 0 Å². The number of methoxy groups -OCH3 is 1. The van der Waals surface area contributed by atoms with Gasteiger partial charge in [0.05, 0.1) is 19.0 Å². The van der Waals surface area contributed by atoms with E-state index in [9.17, 15) is 13.2 Å². The van der Waals surface area contributed by atoms with Crippen molar-refractivity contribution >= 4 is 5.69 Å². The number of anilines is 1. The average Bonchev–Trinajstić information content (AvgIpc) is 2.01. The van der Waals surface area contributed by atoms with Crippen molar-refractivity contribution in [2.75, 3.05) is 12.8 Å². The lowest BCUT2D eigenvalue weighted by Gasteiger charge is -2.09. The molecule has 0 bridgehead atoms. The van der Waals surface area contributed by atoms with Gasteiger partial charge in [0.15, 0.2) is 5.69 Å². The van der Waals surface area contributed by atoms with Crippen LogP contribution in [0.3, 0.4) is 0 Å². The number of rotatable bonds is 1. The smallest absolute Gasteiger partial charge is 0.435 e. The summed E-state index contributed by atoms with van der Waals surface area (Å²) in [6.07, 6.45) is -3.55. The van der Waals surface area contributed by atoms with Crippen molar-refractivity contribution in [2.24, 2.45) is 0 Å². The summed E-state index contributed by atoms with van der Waals surface area (Å²) in [6.45, 7) is 0. The highest BCUT2D eigenvalue weighted by atomic mass is 19.4. The van der Waals surface area contributed by atoms with E-state index in [2.05, 4.69) is 9.72 Å². The third-order valence-electron chi connectivity index (χ3n) is 1.40. The van der Waals surface area contributed by atoms with Crippen LogP contribution in [0.25, 0.3) is 0 Å². The molecule has 2 N–H and O–H groups in total. The molecule has 0 aliphatic carbocycles. The molecule has 0 atom stereocenters. The summed E-state index contributed by atoms with van der Waals surface area (Å²) in [5, 5.41) is 0. The number of hydrogen-bond donors (Lipinski definition) is 1. The van der Waals surface area contributed by atoms with Crippen molar-refractivity contribution in [3.05, 3.63) is 18.0 Å². The maximum atomic E-state index is 12.1. The molecule has 1 rings (SSSR count). The molecule has 0 spiro atoms. The van der Waals surface area contributed by atoms with E-state index in [4.69, 9.17) is 5.73 Å². The molecule has 0 aromatic carbocycles. The number of halogens is 3. The highest BCUT2D eigenvalue weighted by Crippen LogP contribution is 2.32. The number of ether oxygens (including phenoxy) is 1. The zero-order valence-corrected chi connectivity index (χ0v) is 6.72. The first-order valence-corrected chi connectivity index (χ1v) is 3.32. The van der Waals surface area contributed by atoms with Gasteiger partial charge in [0.2, 0.25) is 0 Å². The Labute approximate surface area is 72.3 Å². The zero-order chi connectivity index (χ0) is 10.1. The van der Waals surface area contributed by atoms with Crippen LogP contribution < -0.4 is 10.5 Å². The quantitative estimate of drug-likeness (QED) is 0.736. The Kier molecular flexibility index (Phi) is 2.31. The largest absolute Gasteiger partial charge is 0.495 e. The molecule has 0 radical (unpaired) electrons. The van der Waals surface area contributed by atoms with Crippen LogP contribution in [0.5, 0.6) is 5.75 Å². The second-order valence-electron chi connectivity index (χ2n) is 2.31. The van der Waals surface area contributed by atoms with Crippen molar-refractivity contribution in [3.8, 4) is 5.75 Å². The fourth-order valence-electron chi connectivity index (χ4n) is 0.810. The van der Waals surface area contributed by atoms with Gasteiger partial charge in [-0.15, -0.1) is 0 Å². The third kappa shape index (κ3) is 2.01. The highest BCUT2D eigenvalue weighted by molar-refractivity contribution is 5.48. The lowest BCUT2D eigenvalue weighted by molar-refractivity contribution is -0.140. The molecule has 0 saturated heterocycles. The molecule has 0 unspecified atom stereocenters. The van der Waals surface area contributed by atoms with Gasteiger partial charge >= 0.3 is 6.18 Å². The minimum absolute atomic E-state index is 0.200. The maximum Gasteiger partial charge on any atom is 0.435 e. The van der Waals surface area contributed by atoms with Gasteiger partial charge in [-0.1, -0.05) is 0 Å². The predicted molar refractivity (Wildman–Crippen MR) is 40.2 cm³/mol. The first-order chi connectivity index (χ1) is 5.95. The Balaban J connectivity index is 3.13. The predicted octanol–water partition coefficient (Wildman–Crippen LogP) is 1.69. The molecule has 3 nitrogen and oxygen atoms in total. The fraction of sp³-hybridized carbons (Fsp3) is 0.286. The molecule has 0 aliphatic heterocycles. The van der Waals surface area contributed by atoms with Gasteiger partial charge in [-0.3, -0.25) is 0 Å². The van der Waals surface area contributed by atoms with Crippen molar-refractivity contribution in [3.63, 3.8) is 0 Å². The van der Waals surface area contributed by atoms with Gasteiger partial charge in [0.25, 0.3) is 0 Å². The van der Waals surface area contributed by atoms with Crippen molar-refractivity contribution in [1.29, 1.82) is 0 Å². The molecule has 0 fully saturated rings. The Morgan fingerprint density at radius 1 is 1.46 bits per heavy atom. The topological polar surface area (TPSA) is 48.1 Å². The summed E-state index contributed by atoms with van der Waals surface area (Å²) < 4.78 is 41.0. The summed E-state index contributed by atoms with van der Waals surface area (Å²) in [6, 6.07) is 1.08. The van der Waals surface area contributed by atoms with Crippen LogP contribution in [0.1, 0.15) is 5.69 Å². The molecular weight excluding hydrogens is 185 g/mol. The zero-order valence-electron chi connectivity index (χ0n) is 6.72. The summed E-state index contributed by atoms with van der Waals surface area (Å²) in [5.74, 6) is 0.200. The van der Waals surface area contributed by atoms with Crippen molar-refractivity contribution < 1.29 is 17.9 Å². The number of nitrogens with two attached hydrogens (primary N) is 1. The molecule has 6 heteroatoms. The molecule has 1 aromatic rings. The maximum absolute atomic E-state index is 12.1. The second-order valence-corrected chi connectivity index (χ2v) is 2.31. The first-order valence-electron chi connectivity index (χ1n) is 3.32. The molecule has 13 heavy (non-hydrogen) atoms. The molecule has 0 saturated carbocycles. The molecule has 72 valence electrons. The summed E-state index contributed by atoms with van der Waals surface area (Å²) >= 11 is 0. The SMILES string of the molecule is COc1cnc(C(F)(F)F)c(N)c1. The van der Waals surface area contributed by atoms with Crippen molar-refractivity contribution in [2.45, 2.75) is 6.18 Å². The van der Waals surface area contributed by atoms with Gasteiger partial charge in [0.1, 0.15) is 5.75 Å². The molecular formula is C7H7F3N2O. The number of pyridine rings is 1. The molecule has 0 aliphatic rings. The number of hydrogen-bond acceptors (Lipinski definition) is 3. The fourth-order valence-corrected chi connectivity index (χ4v) is 0.810. The van der Waals surface area contributed by atoms with Crippen LogP contribution in [0.15, 0.2) is 12.3 Å². The van der Waals surface area contributed by atoms with Gasteiger partial charge < -0.3 is 10.5 Å². The van der Waals surface area contributed by atoms with Crippen LogP contribution in [0.4, 0.5) is 18.9 Å². The number of alkyl halides is 3. The first kappa shape index (κ1) is 9.63. The third-order valence-corrected chi connectivity index (χ3v) is 1.40. The standard InChI is InChI=1S/C7H7F3N2O/c1-13-4-2-5(11)6(12-3-4)7(8,9)10/h2-3H,11H2,1H3. The molecule has 1 aromatic heterocycles. The number of nitrogens with zero attached hydrogens (tertiary/aromatic N) is 1. The number of nitrogen functional groups attached to an aromatic ring is 1. The van der Waals surface area contributed by atoms with E-state index in [0.717, 1.165) is 12.3 Å². The van der Waals surface area contributed by atoms with Crippen LogP contribution in [-0.2, 0) is 6.18 Å². The van der Waals surface area contributed by atoms with Gasteiger partial charge in [-0.05, 0) is 0 Å².